The minimum atomic E-state index is -1.13. The molecule has 5 amide bonds. The summed E-state index contributed by atoms with van der Waals surface area (Å²) in [6, 6.07) is 12.7. The second-order valence-corrected chi connectivity index (χ2v) is 11.3. The number of aromatic nitrogens is 1. The largest absolute Gasteiger partial charge is 0.337 e. The van der Waals surface area contributed by atoms with E-state index in [4.69, 9.17) is 0 Å². The van der Waals surface area contributed by atoms with E-state index in [-0.39, 0.29) is 75.6 Å². The molecule has 13 heteroatoms. The Morgan fingerprint density at radius 2 is 1.70 bits per heavy atom. The number of thiazole rings is 1. The molecular weight excluding hydrogens is 574 g/mol. The third-order valence-corrected chi connectivity index (χ3v) is 8.45. The third-order valence-electron chi connectivity index (χ3n) is 7.52. The minimum absolute atomic E-state index is 0.00936. The van der Waals surface area contributed by atoms with Crippen molar-refractivity contribution in [2.24, 2.45) is 0 Å². The van der Waals surface area contributed by atoms with Gasteiger partial charge in [-0.15, -0.1) is 0 Å². The molecule has 1 saturated heterocycles. The Balaban J connectivity index is 1.13. The zero-order chi connectivity index (χ0) is 30.2. The summed E-state index contributed by atoms with van der Waals surface area (Å²) in [5.74, 6) is -4.00. The van der Waals surface area contributed by atoms with Gasteiger partial charge in [0.05, 0.1) is 28.6 Å². The van der Waals surface area contributed by atoms with E-state index >= 15 is 0 Å². The van der Waals surface area contributed by atoms with Gasteiger partial charge in [0.1, 0.15) is 10.9 Å². The maximum Gasteiger partial charge on any atom is 0.267 e. The fourth-order valence-corrected chi connectivity index (χ4v) is 6.08. The Kier molecular flexibility index (Phi) is 7.24. The number of amides is 5. The predicted octanol–water partition coefficient (Wildman–Crippen LogP) is 2.81. The number of imide groups is 2. The van der Waals surface area contributed by atoms with Gasteiger partial charge in [-0.2, -0.15) is 0 Å². The van der Waals surface area contributed by atoms with Gasteiger partial charge in [0, 0.05) is 25.5 Å². The molecule has 2 fully saturated rings. The number of rotatable bonds is 6. The molecule has 1 atom stereocenters. The van der Waals surface area contributed by atoms with Crippen LogP contribution in [0.2, 0.25) is 0 Å². The van der Waals surface area contributed by atoms with Crippen molar-refractivity contribution in [2.45, 2.75) is 37.6 Å². The SMILES string of the molecule is O=C1CCC(N2C(=O)c3cccc(NC(=O)c4cnc(NC=C5C(=O)CC(c6ccccc6)CC5=O)s4)c3C2=O)C(=O)N1. The molecular formula is C30H23N5O7S. The van der Waals surface area contributed by atoms with Crippen LogP contribution in [-0.4, -0.2) is 57.0 Å². The van der Waals surface area contributed by atoms with E-state index < -0.39 is 35.6 Å². The quantitative estimate of drug-likeness (QED) is 0.219. The molecule has 12 nitrogen and oxygen atoms in total. The Bertz CT molecular complexity index is 1740. The fourth-order valence-electron chi connectivity index (χ4n) is 5.40. The summed E-state index contributed by atoms with van der Waals surface area (Å²) < 4.78 is 0. The molecule has 2 aromatic carbocycles. The molecule has 3 heterocycles. The standard InChI is InChI=1S/C30H23N5O7S/c36-21-11-16(15-5-2-1-3-6-15)12-22(37)18(21)13-31-30-32-14-23(43-30)27(40)33-19-8-4-7-17-25(19)29(42)35(28(17)41)20-9-10-24(38)34-26(20)39/h1-8,13-14,16,20H,9-12H2,(H,31,32)(H,33,40)(H,34,38,39). The van der Waals surface area contributed by atoms with Crippen LogP contribution in [0, 0.1) is 0 Å². The lowest BCUT2D eigenvalue weighted by Crippen LogP contribution is -2.54. The number of nitrogens with one attached hydrogen (secondary N) is 3. The number of ketones is 2. The number of allylic oxidation sites excluding steroid dienone is 1. The second-order valence-electron chi connectivity index (χ2n) is 10.2. The summed E-state index contributed by atoms with van der Waals surface area (Å²) in [6.07, 6.45) is 3.02. The second kappa shape index (κ2) is 11.2. The molecule has 43 heavy (non-hydrogen) atoms. The molecule has 1 saturated carbocycles. The lowest BCUT2D eigenvalue weighted by molar-refractivity contribution is -0.136. The normalized spacial score (nSPS) is 20.2. The number of nitrogens with zero attached hydrogens (tertiary/aromatic N) is 2. The number of carbonyl (C=O) groups is 7. The summed E-state index contributed by atoms with van der Waals surface area (Å²) in [7, 11) is 0. The Labute approximate surface area is 248 Å². The highest BCUT2D eigenvalue weighted by Gasteiger charge is 2.45. The third kappa shape index (κ3) is 5.26. The monoisotopic (exact) mass is 597 g/mol. The molecule has 1 unspecified atom stereocenters. The first-order valence-electron chi connectivity index (χ1n) is 13.4. The number of carbonyl (C=O) groups excluding carboxylic acids is 7. The van der Waals surface area contributed by atoms with Crippen molar-refractivity contribution in [3.63, 3.8) is 0 Å². The van der Waals surface area contributed by atoms with Crippen molar-refractivity contribution in [1.29, 1.82) is 0 Å². The van der Waals surface area contributed by atoms with Crippen LogP contribution in [0.3, 0.4) is 0 Å². The summed E-state index contributed by atoms with van der Waals surface area (Å²) in [4.78, 5) is 93.8. The van der Waals surface area contributed by atoms with E-state index in [1.54, 1.807) is 0 Å². The average molecular weight is 598 g/mol. The first-order valence-corrected chi connectivity index (χ1v) is 14.2. The van der Waals surface area contributed by atoms with E-state index in [0.29, 0.717) is 0 Å². The molecule has 6 rings (SSSR count). The molecule has 0 bridgehead atoms. The molecule has 3 N–H and O–H groups in total. The zero-order valence-corrected chi connectivity index (χ0v) is 23.2. The smallest absolute Gasteiger partial charge is 0.267 e. The number of hydrogen-bond donors (Lipinski definition) is 3. The molecule has 2 aliphatic heterocycles. The highest BCUT2D eigenvalue weighted by molar-refractivity contribution is 7.17. The zero-order valence-electron chi connectivity index (χ0n) is 22.4. The van der Waals surface area contributed by atoms with Gasteiger partial charge < -0.3 is 10.6 Å². The van der Waals surface area contributed by atoms with Crippen LogP contribution in [0.25, 0.3) is 0 Å². The topological polar surface area (TPSA) is 172 Å². The maximum atomic E-state index is 13.3. The number of Topliss-reactive ketones (excluding diaryl/α,β-unsaturated/α-hetero) is 2. The van der Waals surface area contributed by atoms with Gasteiger partial charge >= 0.3 is 0 Å². The number of fused-ring (bicyclic) bond motifs is 1. The predicted molar refractivity (Wildman–Crippen MR) is 153 cm³/mol. The molecule has 0 radical (unpaired) electrons. The molecule has 1 aliphatic carbocycles. The number of piperidine rings is 1. The number of hydrogen-bond acceptors (Lipinski definition) is 10. The molecule has 3 aliphatic rings. The van der Waals surface area contributed by atoms with Crippen LogP contribution < -0.4 is 16.0 Å². The Morgan fingerprint density at radius 3 is 2.42 bits per heavy atom. The van der Waals surface area contributed by atoms with E-state index in [2.05, 4.69) is 20.9 Å². The number of benzene rings is 2. The van der Waals surface area contributed by atoms with Gasteiger partial charge in [0.2, 0.25) is 11.8 Å². The van der Waals surface area contributed by atoms with Crippen LogP contribution in [0.5, 0.6) is 0 Å². The summed E-state index contributed by atoms with van der Waals surface area (Å²) in [5.41, 5.74) is 1.03. The van der Waals surface area contributed by atoms with Gasteiger partial charge in [-0.1, -0.05) is 47.7 Å². The summed E-state index contributed by atoms with van der Waals surface area (Å²) in [6.45, 7) is 0. The van der Waals surface area contributed by atoms with Crippen LogP contribution in [0.1, 0.15) is 67.6 Å². The van der Waals surface area contributed by atoms with E-state index in [1.807, 2.05) is 30.3 Å². The summed E-state index contributed by atoms with van der Waals surface area (Å²) >= 11 is 0.958. The van der Waals surface area contributed by atoms with Gasteiger partial charge in [0.25, 0.3) is 17.7 Å². The fraction of sp³-hybridized carbons (Fsp3) is 0.200. The van der Waals surface area contributed by atoms with Gasteiger partial charge in [-0.3, -0.25) is 43.8 Å². The maximum absolute atomic E-state index is 13.3. The van der Waals surface area contributed by atoms with E-state index in [1.165, 1.54) is 30.6 Å². The van der Waals surface area contributed by atoms with Crippen LogP contribution in [-0.2, 0) is 19.2 Å². The lowest BCUT2D eigenvalue weighted by Gasteiger charge is -2.27. The van der Waals surface area contributed by atoms with Crippen LogP contribution >= 0.6 is 11.3 Å². The van der Waals surface area contributed by atoms with Crippen molar-refractivity contribution in [2.75, 3.05) is 10.6 Å². The van der Waals surface area contributed by atoms with E-state index in [0.717, 1.165) is 21.8 Å². The van der Waals surface area contributed by atoms with Crippen molar-refractivity contribution in [3.05, 3.63) is 88.1 Å². The number of anilines is 2. The summed E-state index contributed by atoms with van der Waals surface area (Å²) in [5, 5.41) is 7.86. The van der Waals surface area contributed by atoms with Crippen LogP contribution in [0.4, 0.5) is 10.8 Å². The van der Waals surface area contributed by atoms with Gasteiger partial charge in [-0.05, 0) is 30.0 Å². The van der Waals surface area contributed by atoms with E-state index in [9.17, 15) is 33.6 Å². The van der Waals surface area contributed by atoms with Gasteiger partial charge in [0.15, 0.2) is 16.7 Å². The van der Waals surface area contributed by atoms with Crippen molar-refractivity contribution < 1.29 is 33.6 Å². The highest BCUT2D eigenvalue weighted by Crippen LogP contribution is 2.34. The molecule has 216 valence electrons. The first-order chi connectivity index (χ1) is 20.7. The minimum Gasteiger partial charge on any atom is -0.337 e. The van der Waals surface area contributed by atoms with Crippen molar-refractivity contribution in [3.8, 4) is 0 Å². The molecule has 3 aromatic rings. The highest BCUT2D eigenvalue weighted by atomic mass is 32.1. The molecule has 1 aromatic heterocycles. The van der Waals surface area contributed by atoms with Crippen molar-refractivity contribution in [1.82, 2.24) is 15.2 Å². The Hall–Kier alpha value is -5.30. The first kappa shape index (κ1) is 27.8. The van der Waals surface area contributed by atoms with Crippen LogP contribution in [0.15, 0.2) is 66.5 Å². The van der Waals surface area contributed by atoms with Gasteiger partial charge in [-0.25, -0.2) is 4.98 Å². The lowest BCUT2D eigenvalue weighted by atomic mass is 9.80. The average Bonchev–Trinajstić information content (AvgIpc) is 3.56. The van der Waals surface area contributed by atoms with Crippen molar-refractivity contribution >= 4 is 63.3 Å². The molecule has 0 spiro atoms. The Morgan fingerprint density at radius 1 is 0.953 bits per heavy atom.